The molecule has 0 spiro atoms. The summed E-state index contributed by atoms with van der Waals surface area (Å²) >= 11 is 0. The molecule has 5 aliphatic rings. The number of ether oxygens (including phenoxy) is 1. The van der Waals surface area contributed by atoms with E-state index in [1.54, 1.807) is 0 Å². The smallest absolute Gasteiger partial charge is 0.312 e. The summed E-state index contributed by atoms with van der Waals surface area (Å²) in [4.78, 5) is 37.7. The average molecular weight is 515 g/mol. The first-order valence-electron chi connectivity index (χ1n) is 14.7. The minimum absolute atomic E-state index is 0.00205. The van der Waals surface area contributed by atoms with Crippen molar-refractivity contribution in [3.63, 3.8) is 0 Å². The zero-order valence-corrected chi connectivity index (χ0v) is 24.3. The van der Waals surface area contributed by atoms with Crippen LogP contribution in [0, 0.1) is 50.7 Å². The van der Waals surface area contributed by atoms with Gasteiger partial charge in [-0.2, -0.15) is 4.39 Å². The zero-order valence-electron chi connectivity index (χ0n) is 24.3. The lowest BCUT2D eigenvalue weighted by Gasteiger charge is -2.72. The zero-order chi connectivity index (χ0) is 27.3. The average Bonchev–Trinajstić information content (AvgIpc) is 3.09. The summed E-state index contributed by atoms with van der Waals surface area (Å²) in [5.74, 6) is 0.854. The molecular weight excluding hydrogens is 467 g/mol. The third kappa shape index (κ3) is 3.33. The van der Waals surface area contributed by atoms with E-state index in [1.165, 1.54) is 6.92 Å². The summed E-state index contributed by atoms with van der Waals surface area (Å²) in [6, 6.07) is -1.29. The fourth-order valence-corrected chi connectivity index (χ4v) is 11.2. The standard InChI is InChI=1S/C32H47FO4/c1-18(2)25-21(35)17-32(27(33)36)16-15-30(7)20(26(25)32)9-10-23-29(6)13-12-24(37-19(3)34)28(4,5)22(29)11-14-31(23,30)8/h18,20,22-24H,9-17H2,1-8H3/t20-,22+,23-,24?,29+,30-,31-,32-/m1/s1. The molecule has 0 amide bonds. The number of carbonyl (C=O) groups is 3. The molecule has 0 bridgehead atoms. The van der Waals surface area contributed by atoms with E-state index in [0.29, 0.717) is 18.3 Å². The van der Waals surface area contributed by atoms with Gasteiger partial charge in [0.15, 0.2) is 5.78 Å². The Morgan fingerprint density at radius 3 is 2.16 bits per heavy atom. The Bertz CT molecular complexity index is 1070. The van der Waals surface area contributed by atoms with Gasteiger partial charge in [-0.3, -0.25) is 14.4 Å². The topological polar surface area (TPSA) is 60.4 Å². The van der Waals surface area contributed by atoms with Crippen molar-refractivity contribution in [1.82, 2.24) is 0 Å². The molecule has 4 nitrogen and oxygen atoms in total. The molecule has 4 fully saturated rings. The van der Waals surface area contributed by atoms with Crippen LogP contribution in [0.1, 0.15) is 113 Å². The van der Waals surface area contributed by atoms with Crippen molar-refractivity contribution < 1.29 is 23.5 Å². The highest BCUT2D eigenvalue weighted by molar-refractivity contribution is 6.05. The van der Waals surface area contributed by atoms with Gasteiger partial charge in [-0.1, -0.05) is 48.5 Å². The number of esters is 1. The number of fused-ring (bicyclic) bond motifs is 7. The van der Waals surface area contributed by atoms with E-state index >= 15 is 0 Å². The second kappa shape index (κ2) is 8.24. The van der Waals surface area contributed by atoms with Gasteiger partial charge < -0.3 is 4.74 Å². The third-order valence-electron chi connectivity index (χ3n) is 13.1. The monoisotopic (exact) mass is 514 g/mol. The minimum atomic E-state index is -1.29. The van der Waals surface area contributed by atoms with Crippen molar-refractivity contribution in [1.29, 1.82) is 0 Å². The Morgan fingerprint density at radius 1 is 0.892 bits per heavy atom. The van der Waals surface area contributed by atoms with Crippen LogP contribution in [0.25, 0.3) is 0 Å². The molecule has 5 rings (SSSR count). The maximum atomic E-state index is 14.9. The van der Waals surface area contributed by atoms with Crippen LogP contribution in [0.5, 0.6) is 0 Å². The van der Waals surface area contributed by atoms with Gasteiger partial charge in [0.1, 0.15) is 6.10 Å². The molecule has 0 N–H and O–H groups in total. The molecule has 0 aromatic carbocycles. The molecule has 0 aliphatic heterocycles. The summed E-state index contributed by atoms with van der Waals surface area (Å²) in [6.07, 6.45) is 7.29. The molecule has 8 atom stereocenters. The number of allylic oxidation sites excluding steroid dienone is 2. The van der Waals surface area contributed by atoms with Crippen molar-refractivity contribution in [3.05, 3.63) is 11.1 Å². The molecular formula is C32H47FO4. The van der Waals surface area contributed by atoms with E-state index in [4.69, 9.17) is 4.74 Å². The lowest BCUT2D eigenvalue weighted by molar-refractivity contribution is -0.232. The van der Waals surface area contributed by atoms with Crippen molar-refractivity contribution in [2.45, 2.75) is 119 Å². The maximum absolute atomic E-state index is 14.9. The van der Waals surface area contributed by atoms with E-state index in [2.05, 4.69) is 34.6 Å². The highest BCUT2D eigenvalue weighted by Crippen LogP contribution is 2.76. The molecule has 37 heavy (non-hydrogen) atoms. The molecule has 0 heterocycles. The molecule has 206 valence electrons. The van der Waals surface area contributed by atoms with Crippen LogP contribution in [0.15, 0.2) is 11.1 Å². The second-order valence-electron chi connectivity index (χ2n) is 15.0. The van der Waals surface area contributed by atoms with Crippen LogP contribution in [-0.4, -0.2) is 23.9 Å². The van der Waals surface area contributed by atoms with Crippen molar-refractivity contribution >= 4 is 17.8 Å². The Balaban J connectivity index is 1.57. The second-order valence-corrected chi connectivity index (χ2v) is 15.0. The van der Waals surface area contributed by atoms with Crippen LogP contribution >= 0.6 is 0 Å². The molecule has 0 aromatic heterocycles. The van der Waals surface area contributed by atoms with Crippen LogP contribution in [-0.2, 0) is 19.1 Å². The molecule has 0 radical (unpaired) electrons. The van der Waals surface area contributed by atoms with Gasteiger partial charge in [-0.05, 0) is 102 Å². The molecule has 1 unspecified atom stereocenters. The number of hydrogen-bond donors (Lipinski definition) is 0. The van der Waals surface area contributed by atoms with Gasteiger partial charge in [-0.15, -0.1) is 0 Å². The van der Waals surface area contributed by atoms with Crippen molar-refractivity contribution in [2.24, 2.45) is 50.7 Å². The Labute approximate surface area is 222 Å². The van der Waals surface area contributed by atoms with E-state index in [9.17, 15) is 18.8 Å². The lowest BCUT2D eigenvalue weighted by Crippen LogP contribution is -2.66. The van der Waals surface area contributed by atoms with E-state index in [-0.39, 0.29) is 57.8 Å². The lowest BCUT2D eigenvalue weighted by atomic mass is 9.33. The molecule has 5 heteroatoms. The molecule has 4 saturated carbocycles. The first-order valence-corrected chi connectivity index (χ1v) is 14.7. The van der Waals surface area contributed by atoms with E-state index in [0.717, 1.165) is 56.1 Å². The van der Waals surface area contributed by atoms with Gasteiger partial charge >= 0.3 is 12.0 Å². The number of halogens is 1. The summed E-state index contributed by atoms with van der Waals surface area (Å²) in [6.45, 7) is 17.5. The quantitative estimate of drug-likeness (QED) is 0.291. The number of rotatable bonds is 3. The van der Waals surface area contributed by atoms with E-state index < -0.39 is 11.5 Å². The first-order chi connectivity index (χ1) is 17.1. The van der Waals surface area contributed by atoms with Gasteiger partial charge in [-0.25, -0.2) is 0 Å². The van der Waals surface area contributed by atoms with Crippen LogP contribution in [0.4, 0.5) is 4.39 Å². The van der Waals surface area contributed by atoms with Crippen molar-refractivity contribution in [2.75, 3.05) is 0 Å². The predicted molar refractivity (Wildman–Crippen MR) is 141 cm³/mol. The van der Waals surface area contributed by atoms with Gasteiger partial charge in [0.05, 0.1) is 5.41 Å². The third-order valence-corrected chi connectivity index (χ3v) is 13.1. The predicted octanol–water partition coefficient (Wildman–Crippen LogP) is 7.39. The summed E-state index contributed by atoms with van der Waals surface area (Å²) in [5, 5.41) is 0. The SMILES string of the molecule is CC(=O)OC1CC[C@]2(C)[C@H]3CC[C@@H]4C5=C(C(C)C)C(=O)C[C@]5(C(=O)F)CC[C@@]4(C)[C@]3(C)CC[C@H]2C1(C)C. The fourth-order valence-electron chi connectivity index (χ4n) is 11.2. The van der Waals surface area contributed by atoms with E-state index in [1.807, 2.05) is 13.8 Å². The Hall–Kier alpha value is -1.52. The summed E-state index contributed by atoms with van der Waals surface area (Å²) in [7, 11) is 0. The van der Waals surface area contributed by atoms with Crippen LogP contribution in [0.3, 0.4) is 0 Å². The van der Waals surface area contributed by atoms with Gasteiger partial charge in [0.2, 0.25) is 0 Å². The largest absolute Gasteiger partial charge is 0.462 e. The van der Waals surface area contributed by atoms with Crippen LogP contribution in [0.2, 0.25) is 0 Å². The molecule has 5 aliphatic carbocycles. The maximum Gasteiger partial charge on any atom is 0.312 e. The number of hydrogen-bond acceptors (Lipinski definition) is 4. The highest BCUT2D eigenvalue weighted by atomic mass is 19.1. The Kier molecular flexibility index (Phi) is 6.03. The number of ketones is 1. The number of Topliss-reactive ketones (excluding diaryl/α,β-unsaturated/α-hetero) is 1. The van der Waals surface area contributed by atoms with Crippen molar-refractivity contribution in [3.8, 4) is 0 Å². The first kappa shape index (κ1) is 27.1. The minimum Gasteiger partial charge on any atom is -0.462 e. The summed E-state index contributed by atoms with van der Waals surface area (Å²) < 4.78 is 20.7. The highest BCUT2D eigenvalue weighted by Gasteiger charge is 2.71. The summed E-state index contributed by atoms with van der Waals surface area (Å²) in [5.41, 5.74) is 0.427. The van der Waals surface area contributed by atoms with Gasteiger partial charge in [0, 0.05) is 18.8 Å². The van der Waals surface area contributed by atoms with Gasteiger partial charge in [0.25, 0.3) is 0 Å². The van der Waals surface area contributed by atoms with Crippen LogP contribution < -0.4 is 0 Å². The normalized spacial score (nSPS) is 46.6. The molecule has 0 aromatic rings. The number of carbonyl (C=O) groups excluding carboxylic acids is 3. The fraction of sp³-hybridized carbons (Fsp3) is 0.844. The molecule has 0 saturated heterocycles. The Morgan fingerprint density at radius 2 is 1.57 bits per heavy atom.